The van der Waals surface area contributed by atoms with Crippen molar-refractivity contribution in [3.63, 3.8) is 0 Å². The second kappa shape index (κ2) is 11.3. The molecular weight excluding hydrogens is 563 g/mol. The number of ether oxygens (including phenoxy) is 1. The van der Waals surface area contributed by atoms with Gasteiger partial charge in [-0.1, -0.05) is 23.2 Å². The summed E-state index contributed by atoms with van der Waals surface area (Å²) in [5.41, 5.74) is 0.177. The number of hydrogen-bond donors (Lipinski definition) is 2. The van der Waals surface area contributed by atoms with Gasteiger partial charge in [-0.2, -0.15) is 9.57 Å². The minimum Gasteiger partial charge on any atom is -0.494 e. The highest BCUT2D eigenvalue weighted by atomic mass is 35.5. The maximum atomic E-state index is 14.1. The smallest absolute Gasteiger partial charge is 0.246 e. The molecule has 5 rings (SSSR count). The van der Waals surface area contributed by atoms with Crippen LogP contribution in [0.2, 0.25) is 10.0 Å². The summed E-state index contributed by atoms with van der Waals surface area (Å²) in [7, 11) is -4.11. The standard InChI is InChI=1S/C27H28Cl2N4O5S/c28-20-12-21(29)14-22(13-20)38-24-4-3-18(15-30)11-25(24)39(36,37)32-10-7-23(31-8-1-2-9-31)19(16-32)17-33-26(34)5-6-27(33)35/h3-6,11-14,19,23,34-35H,1-2,7-10,16-17H2. The normalized spacial score (nSPS) is 20.6. The SMILES string of the molecule is N#Cc1ccc(Oc2cc(Cl)cc(Cl)c2)c(S(=O)(=O)N2CCC(N3CCCC3)C(Cn3c(O)ccc3O)C2)c1. The molecule has 3 aromatic rings. The number of sulfonamides is 1. The van der Waals surface area contributed by atoms with Crippen LogP contribution >= 0.6 is 23.2 Å². The highest BCUT2D eigenvalue weighted by molar-refractivity contribution is 7.89. The van der Waals surface area contributed by atoms with E-state index >= 15 is 0 Å². The number of aromatic nitrogens is 1. The molecule has 2 saturated heterocycles. The molecule has 3 heterocycles. The summed E-state index contributed by atoms with van der Waals surface area (Å²) < 4.78 is 36.9. The van der Waals surface area contributed by atoms with E-state index in [9.17, 15) is 23.9 Å². The summed E-state index contributed by atoms with van der Waals surface area (Å²) in [5, 5.41) is 30.7. The molecule has 2 aliphatic heterocycles. The van der Waals surface area contributed by atoms with Gasteiger partial charge in [-0.25, -0.2) is 8.42 Å². The Morgan fingerprint density at radius 3 is 2.28 bits per heavy atom. The fraction of sp³-hybridized carbons (Fsp3) is 0.370. The molecule has 0 bridgehead atoms. The van der Waals surface area contributed by atoms with E-state index in [4.69, 9.17) is 27.9 Å². The van der Waals surface area contributed by atoms with E-state index in [-0.39, 0.29) is 65.3 Å². The predicted octanol–water partition coefficient (Wildman–Crippen LogP) is 5.05. The first-order valence-corrected chi connectivity index (χ1v) is 14.8. The Balaban J connectivity index is 1.48. The average Bonchev–Trinajstić information content (AvgIpc) is 3.54. The molecule has 39 heavy (non-hydrogen) atoms. The van der Waals surface area contributed by atoms with Crippen LogP contribution in [-0.4, -0.2) is 64.6 Å². The van der Waals surface area contributed by atoms with Gasteiger partial charge >= 0.3 is 0 Å². The first-order chi connectivity index (χ1) is 18.7. The fourth-order valence-corrected chi connectivity index (χ4v) is 7.68. The Morgan fingerprint density at radius 2 is 1.64 bits per heavy atom. The van der Waals surface area contributed by atoms with Crippen molar-refractivity contribution in [3.8, 4) is 29.3 Å². The van der Waals surface area contributed by atoms with Crippen molar-refractivity contribution in [3.05, 3.63) is 64.1 Å². The lowest BCUT2D eigenvalue weighted by atomic mass is 9.92. The molecule has 9 nitrogen and oxygen atoms in total. The second-order valence-corrected chi connectivity index (χ2v) is 12.6. The van der Waals surface area contributed by atoms with Gasteiger partial charge in [0.1, 0.15) is 16.4 Å². The molecule has 2 aromatic carbocycles. The molecule has 0 spiro atoms. The van der Waals surface area contributed by atoms with E-state index in [1.807, 2.05) is 6.07 Å². The minimum atomic E-state index is -4.11. The van der Waals surface area contributed by atoms with Crippen molar-refractivity contribution < 1.29 is 23.4 Å². The van der Waals surface area contributed by atoms with Crippen molar-refractivity contribution in [1.29, 1.82) is 5.26 Å². The monoisotopic (exact) mass is 590 g/mol. The molecule has 2 N–H and O–H groups in total. The van der Waals surface area contributed by atoms with Gasteiger partial charge in [-0.3, -0.25) is 9.47 Å². The van der Waals surface area contributed by atoms with E-state index in [0.29, 0.717) is 16.5 Å². The van der Waals surface area contributed by atoms with Gasteiger partial charge in [0.2, 0.25) is 10.0 Å². The zero-order chi connectivity index (χ0) is 27.7. The Hall–Kier alpha value is -2.94. The molecule has 0 amide bonds. The summed E-state index contributed by atoms with van der Waals surface area (Å²) in [5.74, 6) is -0.0503. The van der Waals surface area contributed by atoms with E-state index < -0.39 is 10.0 Å². The van der Waals surface area contributed by atoms with E-state index in [1.165, 1.54) is 57.4 Å². The number of benzene rings is 2. The Kier molecular flexibility index (Phi) is 7.99. The summed E-state index contributed by atoms with van der Waals surface area (Å²) in [6, 6.07) is 13.7. The largest absolute Gasteiger partial charge is 0.494 e. The summed E-state index contributed by atoms with van der Waals surface area (Å²) in [6.07, 6.45) is 2.76. The molecule has 0 radical (unpaired) electrons. The van der Waals surface area contributed by atoms with Crippen molar-refractivity contribution in [1.82, 2.24) is 13.8 Å². The molecule has 12 heteroatoms. The number of halogens is 2. The fourth-order valence-electron chi connectivity index (χ4n) is 5.52. The molecular formula is C27H28Cl2N4O5S. The molecule has 2 aliphatic rings. The quantitative estimate of drug-likeness (QED) is 0.395. The van der Waals surface area contributed by atoms with Gasteiger partial charge in [-0.05, 0) is 68.8 Å². The maximum Gasteiger partial charge on any atom is 0.246 e. The van der Waals surface area contributed by atoms with Crippen LogP contribution in [0.15, 0.2) is 53.4 Å². The summed E-state index contributed by atoms with van der Waals surface area (Å²) in [4.78, 5) is 2.24. The molecule has 2 fully saturated rings. The molecule has 2 unspecified atom stereocenters. The number of hydrogen-bond acceptors (Lipinski definition) is 7. The molecule has 1 aromatic heterocycles. The zero-order valence-corrected chi connectivity index (χ0v) is 23.3. The first-order valence-electron chi connectivity index (χ1n) is 12.7. The van der Waals surface area contributed by atoms with E-state index in [1.54, 1.807) is 0 Å². The van der Waals surface area contributed by atoms with Crippen LogP contribution in [0.1, 0.15) is 24.8 Å². The van der Waals surface area contributed by atoms with Crippen LogP contribution in [-0.2, 0) is 16.6 Å². The van der Waals surface area contributed by atoms with Crippen molar-refractivity contribution in [2.75, 3.05) is 26.2 Å². The van der Waals surface area contributed by atoms with E-state index in [0.717, 1.165) is 25.9 Å². The van der Waals surface area contributed by atoms with Gasteiger partial charge < -0.3 is 14.9 Å². The average molecular weight is 592 g/mol. The Labute approximate surface area is 237 Å². The zero-order valence-electron chi connectivity index (χ0n) is 21.0. The van der Waals surface area contributed by atoms with Gasteiger partial charge in [0.15, 0.2) is 11.8 Å². The first kappa shape index (κ1) is 27.6. The number of likely N-dealkylation sites (tertiary alicyclic amines) is 1. The second-order valence-electron chi connectivity index (χ2n) is 9.86. The van der Waals surface area contributed by atoms with Gasteiger partial charge in [-0.15, -0.1) is 0 Å². The molecule has 0 aliphatic carbocycles. The summed E-state index contributed by atoms with van der Waals surface area (Å²) in [6.45, 7) is 2.56. The third-order valence-corrected chi connectivity index (χ3v) is 9.70. The van der Waals surface area contributed by atoms with E-state index in [2.05, 4.69) is 4.90 Å². The lowest BCUT2D eigenvalue weighted by Gasteiger charge is -2.42. The van der Waals surface area contributed by atoms with Crippen LogP contribution in [0.5, 0.6) is 23.3 Å². The number of aromatic hydroxyl groups is 2. The lowest BCUT2D eigenvalue weighted by molar-refractivity contribution is 0.0923. The van der Waals surface area contributed by atoms with Crippen LogP contribution < -0.4 is 4.74 Å². The van der Waals surface area contributed by atoms with Gasteiger partial charge in [0.25, 0.3) is 0 Å². The molecule has 0 saturated carbocycles. The highest BCUT2D eigenvalue weighted by Gasteiger charge is 2.40. The molecule has 206 valence electrons. The van der Waals surface area contributed by atoms with Crippen molar-refractivity contribution in [2.24, 2.45) is 5.92 Å². The number of piperidine rings is 1. The molecule has 2 atom stereocenters. The number of rotatable bonds is 7. The van der Waals surface area contributed by atoms with Crippen LogP contribution in [0, 0.1) is 17.2 Å². The maximum absolute atomic E-state index is 14.1. The Bertz CT molecular complexity index is 1480. The van der Waals surface area contributed by atoms with Crippen molar-refractivity contribution >= 4 is 33.2 Å². The third-order valence-electron chi connectivity index (χ3n) is 7.37. The van der Waals surface area contributed by atoms with Gasteiger partial charge in [0, 0.05) is 53.8 Å². The highest BCUT2D eigenvalue weighted by Crippen LogP contribution is 2.37. The number of nitriles is 1. The van der Waals surface area contributed by atoms with Gasteiger partial charge in [0.05, 0.1) is 11.6 Å². The number of nitrogens with zero attached hydrogens (tertiary/aromatic N) is 4. The lowest BCUT2D eigenvalue weighted by Crippen LogP contribution is -2.52. The van der Waals surface area contributed by atoms with Crippen molar-refractivity contribution in [2.45, 2.75) is 36.7 Å². The predicted molar refractivity (Wildman–Crippen MR) is 147 cm³/mol. The minimum absolute atomic E-state index is 0.0475. The third kappa shape index (κ3) is 5.83. The Morgan fingerprint density at radius 1 is 0.974 bits per heavy atom. The van der Waals surface area contributed by atoms with Crippen LogP contribution in [0.4, 0.5) is 0 Å². The topological polar surface area (TPSA) is 119 Å². The van der Waals surface area contributed by atoms with Crippen LogP contribution in [0.3, 0.4) is 0 Å². The summed E-state index contributed by atoms with van der Waals surface area (Å²) >= 11 is 12.2. The van der Waals surface area contributed by atoms with Crippen LogP contribution in [0.25, 0.3) is 0 Å².